The lowest BCUT2D eigenvalue weighted by Gasteiger charge is -2.08. The van der Waals surface area contributed by atoms with Crippen molar-refractivity contribution >= 4 is 34.2 Å². The number of aryl methyl sites for hydroxylation is 1. The Bertz CT molecular complexity index is 771. The number of hydrogen-bond acceptors (Lipinski definition) is 9. The van der Waals surface area contributed by atoms with E-state index in [1.807, 2.05) is 6.92 Å². The molecule has 0 aliphatic rings. The average Bonchev–Trinajstić information content (AvgIpc) is 3.14. The largest absolute Gasteiger partial charge is 0.462 e. The fourth-order valence-corrected chi connectivity index (χ4v) is 2.97. The summed E-state index contributed by atoms with van der Waals surface area (Å²) in [6, 6.07) is 0. The lowest BCUT2D eigenvalue weighted by Crippen LogP contribution is -2.23. The third-order valence-corrected chi connectivity index (χ3v) is 4.29. The number of amides is 1. The molecule has 1 N–H and O–H groups in total. The van der Waals surface area contributed by atoms with E-state index in [4.69, 9.17) is 9.47 Å². The molecule has 0 saturated heterocycles. The van der Waals surface area contributed by atoms with Crippen molar-refractivity contribution in [3.05, 3.63) is 22.3 Å². The van der Waals surface area contributed by atoms with E-state index in [0.29, 0.717) is 10.6 Å². The molecule has 2 aromatic rings. The van der Waals surface area contributed by atoms with E-state index in [1.165, 1.54) is 22.3 Å². The number of nitrogens with one attached hydrogen (secondary N) is 1. The molecule has 25 heavy (non-hydrogen) atoms. The van der Waals surface area contributed by atoms with Gasteiger partial charge >= 0.3 is 11.9 Å². The molecule has 0 radical (unpaired) electrons. The van der Waals surface area contributed by atoms with E-state index < -0.39 is 24.5 Å². The second-order valence-corrected chi connectivity index (χ2v) is 6.15. The van der Waals surface area contributed by atoms with Crippen LogP contribution in [-0.4, -0.2) is 51.3 Å². The first-order valence-electron chi connectivity index (χ1n) is 7.35. The maximum absolute atomic E-state index is 12.1. The van der Waals surface area contributed by atoms with E-state index in [9.17, 15) is 14.4 Å². The molecule has 0 fully saturated rings. The SMILES string of the molecule is CCOC(=O)c1c(NC(=O)COC(=O)Cn2cnnn2)sc(C)c1C. The van der Waals surface area contributed by atoms with Crippen LogP contribution in [0.4, 0.5) is 5.00 Å². The minimum Gasteiger partial charge on any atom is -0.462 e. The molecule has 0 aliphatic carbocycles. The van der Waals surface area contributed by atoms with Crippen LogP contribution in [-0.2, 0) is 25.6 Å². The number of anilines is 1. The summed E-state index contributed by atoms with van der Waals surface area (Å²) in [7, 11) is 0. The second kappa shape index (κ2) is 8.33. The molecule has 0 unspecified atom stereocenters. The molecule has 0 saturated carbocycles. The van der Waals surface area contributed by atoms with Gasteiger partial charge in [0.2, 0.25) is 0 Å². The maximum Gasteiger partial charge on any atom is 0.341 e. The Labute approximate surface area is 147 Å². The van der Waals surface area contributed by atoms with Gasteiger partial charge in [0.05, 0.1) is 12.2 Å². The summed E-state index contributed by atoms with van der Waals surface area (Å²) in [5.41, 5.74) is 1.06. The molecule has 0 atom stereocenters. The Morgan fingerprint density at radius 1 is 1.28 bits per heavy atom. The van der Waals surface area contributed by atoms with Gasteiger partial charge in [0.1, 0.15) is 17.9 Å². The number of nitrogens with zero attached hydrogens (tertiary/aromatic N) is 4. The fourth-order valence-electron chi connectivity index (χ4n) is 1.90. The molecule has 11 heteroatoms. The van der Waals surface area contributed by atoms with Crippen LogP contribution >= 0.6 is 11.3 Å². The van der Waals surface area contributed by atoms with Crippen molar-refractivity contribution in [1.29, 1.82) is 0 Å². The first kappa shape index (κ1) is 18.5. The highest BCUT2D eigenvalue weighted by Gasteiger charge is 2.22. The summed E-state index contributed by atoms with van der Waals surface area (Å²) in [5, 5.41) is 13.2. The summed E-state index contributed by atoms with van der Waals surface area (Å²) in [6.45, 7) is 4.86. The van der Waals surface area contributed by atoms with E-state index in [0.717, 1.165) is 10.4 Å². The fraction of sp³-hybridized carbons (Fsp3) is 0.429. The summed E-state index contributed by atoms with van der Waals surface area (Å²) in [6.07, 6.45) is 1.25. The van der Waals surface area contributed by atoms with Gasteiger partial charge in [0.15, 0.2) is 6.61 Å². The van der Waals surface area contributed by atoms with E-state index in [-0.39, 0.29) is 13.2 Å². The topological polar surface area (TPSA) is 125 Å². The Morgan fingerprint density at radius 2 is 2.04 bits per heavy atom. The Morgan fingerprint density at radius 3 is 2.68 bits per heavy atom. The molecule has 0 spiro atoms. The van der Waals surface area contributed by atoms with Crippen molar-refractivity contribution in [3.63, 3.8) is 0 Å². The van der Waals surface area contributed by atoms with Gasteiger partial charge in [0.25, 0.3) is 5.91 Å². The highest BCUT2D eigenvalue weighted by molar-refractivity contribution is 7.16. The standard InChI is InChI=1S/C14H17N5O5S/c1-4-23-14(22)12-8(2)9(3)25-13(12)16-10(20)6-24-11(21)5-19-7-15-17-18-19/h7H,4-6H2,1-3H3,(H,16,20). The van der Waals surface area contributed by atoms with Crippen LogP contribution < -0.4 is 5.32 Å². The lowest BCUT2D eigenvalue weighted by atomic mass is 10.1. The minimum atomic E-state index is -0.661. The smallest absolute Gasteiger partial charge is 0.341 e. The van der Waals surface area contributed by atoms with E-state index in [1.54, 1.807) is 13.8 Å². The zero-order valence-electron chi connectivity index (χ0n) is 13.9. The number of ether oxygens (including phenoxy) is 2. The number of aromatic nitrogens is 4. The highest BCUT2D eigenvalue weighted by atomic mass is 32.1. The van der Waals surface area contributed by atoms with Crippen LogP contribution in [0.15, 0.2) is 6.33 Å². The van der Waals surface area contributed by atoms with Crippen molar-refractivity contribution in [2.75, 3.05) is 18.5 Å². The van der Waals surface area contributed by atoms with Gasteiger partial charge in [0, 0.05) is 4.88 Å². The molecule has 134 valence electrons. The van der Waals surface area contributed by atoms with Gasteiger partial charge in [-0.25, -0.2) is 9.48 Å². The molecule has 0 aromatic carbocycles. The first-order chi connectivity index (χ1) is 11.9. The Kier molecular flexibility index (Phi) is 6.17. The quantitative estimate of drug-likeness (QED) is 0.709. The predicted octanol–water partition coefficient (Wildman–Crippen LogP) is 0.710. The molecule has 0 aliphatic heterocycles. The molecule has 2 aromatic heterocycles. The highest BCUT2D eigenvalue weighted by Crippen LogP contribution is 2.32. The van der Waals surface area contributed by atoms with Crippen LogP contribution in [0.5, 0.6) is 0 Å². The Hall–Kier alpha value is -2.82. The Balaban J connectivity index is 1.95. The lowest BCUT2D eigenvalue weighted by molar-refractivity contribution is -0.148. The zero-order valence-corrected chi connectivity index (χ0v) is 14.8. The van der Waals surface area contributed by atoms with Crippen molar-refractivity contribution in [3.8, 4) is 0 Å². The van der Waals surface area contributed by atoms with Crippen LogP contribution in [0.25, 0.3) is 0 Å². The number of rotatable bonds is 7. The van der Waals surface area contributed by atoms with Crippen LogP contribution in [0.1, 0.15) is 27.7 Å². The summed E-state index contributed by atoms with van der Waals surface area (Å²) in [5.74, 6) is -1.72. The minimum absolute atomic E-state index is 0.203. The van der Waals surface area contributed by atoms with Gasteiger partial charge in [-0.2, -0.15) is 0 Å². The number of thiophene rings is 1. The average molecular weight is 367 g/mol. The molecule has 2 heterocycles. The molecule has 1 amide bonds. The number of esters is 2. The monoisotopic (exact) mass is 367 g/mol. The first-order valence-corrected chi connectivity index (χ1v) is 8.17. The molecule has 2 rings (SSSR count). The molecular formula is C14H17N5O5S. The third-order valence-electron chi connectivity index (χ3n) is 3.16. The van der Waals surface area contributed by atoms with E-state index >= 15 is 0 Å². The number of carbonyl (C=O) groups excluding carboxylic acids is 3. The maximum atomic E-state index is 12.1. The van der Waals surface area contributed by atoms with Crippen molar-refractivity contribution in [2.45, 2.75) is 27.3 Å². The van der Waals surface area contributed by atoms with Crippen molar-refractivity contribution in [1.82, 2.24) is 20.2 Å². The predicted molar refractivity (Wildman–Crippen MR) is 87.2 cm³/mol. The number of hydrogen-bond donors (Lipinski definition) is 1. The third kappa shape index (κ3) is 4.83. The van der Waals surface area contributed by atoms with Gasteiger partial charge in [-0.1, -0.05) is 0 Å². The van der Waals surface area contributed by atoms with Gasteiger partial charge < -0.3 is 14.8 Å². The second-order valence-electron chi connectivity index (χ2n) is 4.92. The number of tetrazole rings is 1. The van der Waals surface area contributed by atoms with Gasteiger partial charge in [-0.15, -0.1) is 16.4 Å². The van der Waals surface area contributed by atoms with Crippen molar-refractivity contribution in [2.24, 2.45) is 0 Å². The zero-order chi connectivity index (χ0) is 18.4. The molecule has 10 nitrogen and oxygen atoms in total. The van der Waals surface area contributed by atoms with Crippen LogP contribution in [0.3, 0.4) is 0 Å². The molecule has 0 bridgehead atoms. The van der Waals surface area contributed by atoms with Crippen molar-refractivity contribution < 1.29 is 23.9 Å². The summed E-state index contributed by atoms with van der Waals surface area (Å²) in [4.78, 5) is 36.5. The summed E-state index contributed by atoms with van der Waals surface area (Å²) < 4.78 is 11.0. The van der Waals surface area contributed by atoms with Gasteiger partial charge in [-0.05, 0) is 36.8 Å². The van der Waals surface area contributed by atoms with E-state index in [2.05, 4.69) is 20.8 Å². The van der Waals surface area contributed by atoms with Gasteiger partial charge in [-0.3, -0.25) is 9.59 Å². The normalized spacial score (nSPS) is 10.4. The summed E-state index contributed by atoms with van der Waals surface area (Å²) >= 11 is 1.26. The molecular weight excluding hydrogens is 350 g/mol. The van der Waals surface area contributed by atoms with Crippen LogP contribution in [0.2, 0.25) is 0 Å². The van der Waals surface area contributed by atoms with Crippen LogP contribution in [0, 0.1) is 13.8 Å². The number of carbonyl (C=O) groups is 3.